The van der Waals surface area contributed by atoms with Crippen LogP contribution in [0.4, 0.5) is 4.79 Å². The van der Waals surface area contributed by atoms with E-state index in [1.165, 1.54) is 25.3 Å². The highest BCUT2D eigenvalue weighted by atomic mass is 17.2. The lowest BCUT2D eigenvalue weighted by atomic mass is 10.0. The van der Waals surface area contributed by atoms with Gasteiger partial charge in [-0.05, 0) is 78.5 Å². The number of aliphatic imine (C=N–C) groups is 1. The van der Waals surface area contributed by atoms with Crippen molar-refractivity contribution in [1.29, 1.82) is 0 Å². The summed E-state index contributed by atoms with van der Waals surface area (Å²) in [5, 5.41) is 2.73. The number of carbonyl (C=O) groups excluding carboxylic acids is 3. The lowest BCUT2D eigenvalue weighted by Crippen LogP contribution is -2.42. The number of imidazole rings is 2. The van der Waals surface area contributed by atoms with Crippen molar-refractivity contribution >= 4 is 35.3 Å². The van der Waals surface area contributed by atoms with Crippen molar-refractivity contribution in [2.45, 2.75) is 62.7 Å². The molecule has 2 aliphatic rings. The normalized spacial score (nSPS) is 17.6. The highest BCUT2D eigenvalue weighted by Crippen LogP contribution is 2.36. The monoisotopic (exact) mass is 808 g/mol. The van der Waals surface area contributed by atoms with Crippen LogP contribution >= 0.6 is 0 Å². The minimum Gasteiger partial charge on any atom is -0.453 e. The molecule has 2 saturated heterocycles. The lowest BCUT2D eigenvalue weighted by molar-refractivity contribution is -0.188. The summed E-state index contributed by atoms with van der Waals surface area (Å²) in [7, 11) is 2.67. The Kier molecular flexibility index (Phi) is 12.3. The number of amides is 3. The van der Waals surface area contributed by atoms with Crippen molar-refractivity contribution in [2.75, 3.05) is 27.3 Å². The molecule has 3 N–H and O–H groups in total. The predicted octanol–water partition coefficient (Wildman–Crippen LogP) is 7.51. The van der Waals surface area contributed by atoms with Gasteiger partial charge < -0.3 is 34.7 Å². The second-order valence-electron chi connectivity index (χ2n) is 15.0. The van der Waals surface area contributed by atoms with Gasteiger partial charge in [0, 0.05) is 13.1 Å². The number of likely N-dealkylation sites (tertiary alicyclic amines) is 2. The first kappa shape index (κ1) is 40.0. The molecule has 60 heavy (non-hydrogen) atoms. The van der Waals surface area contributed by atoms with Crippen molar-refractivity contribution in [2.24, 2.45) is 4.99 Å². The van der Waals surface area contributed by atoms with E-state index in [4.69, 9.17) is 19.6 Å². The predicted molar refractivity (Wildman–Crippen MR) is 225 cm³/mol. The van der Waals surface area contributed by atoms with Crippen LogP contribution in [0.25, 0.3) is 22.3 Å². The number of hydrogen-bond donors (Lipinski definition) is 3. The molecule has 14 nitrogen and oxygen atoms in total. The molecule has 2 fully saturated rings. The first-order chi connectivity index (χ1) is 29.4. The number of nitrogens with zero attached hydrogens (tertiary/aromatic N) is 5. The highest BCUT2D eigenvalue weighted by Gasteiger charge is 2.38. The van der Waals surface area contributed by atoms with E-state index in [9.17, 15) is 14.4 Å². The van der Waals surface area contributed by atoms with Gasteiger partial charge in [0.25, 0.3) is 11.8 Å². The summed E-state index contributed by atoms with van der Waals surface area (Å²) in [6.45, 7) is 1.18. The Morgan fingerprint density at radius 2 is 1.45 bits per heavy atom. The number of benzene rings is 4. The van der Waals surface area contributed by atoms with Crippen molar-refractivity contribution < 1.29 is 28.9 Å². The number of aromatic amines is 2. The number of rotatable bonds is 14. The van der Waals surface area contributed by atoms with E-state index in [1.807, 2.05) is 82.7 Å². The number of carbonyl (C=O) groups is 3. The van der Waals surface area contributed by atoms with E-state index in [0.717, 1.165) is 84.4 Å². The molecule has 308 valence electrons. The summed E-state index contributed by atoms with van der Waals surface area (Å²) in [5.41, 5.74) is 7.50. The molecule has 0 spiro atoms. The van der Waals surface area contributed by atoms with Gasteiger partial charge in [-0.1, -0.05) is 91.0 Å². The average Bonchev–Trinajstić information content (AvgIpc) is 4.13. The third kappa shape index (κ3) is 8.78. The summed E-state index contributed by atoms with van der Waals surface area (Å²) in [6.07, 6.45) is 7.28. The fourth-order valence-electron chi connectivity index (χ4n) is 8.30. The number of hydrogen-bond acceptors (Lipinski definition) is 9. The molecule has 0 saturated carbocycles. The summed E-state index contributed by atoms with van der Waals surface area (Å²) in [4.78, 5) is 74.3. The van der Waals surface area contributed by atoms with Crippen LogP contribution in [0.1, 0.15) is 83.8 Å². The Morgan fingerprint density at radius 1 is 0.800 bits per heavy atom. The molecule has 2 aromatic heterocycles. The van der Waals surface area contributed by atoms with Gasteiger partial charge in [0.2, 0.25) is 6.40 Å². The zero-order valence-electron chi connectivity index (χ0n) is 33.6. The van der Waals surface area contributed by atoms with Crippen molar-refractivity contribution in [3.05, 3.63) is 143 Å². The Morgan fingerprint density at radius 3 is 2.15 bits per heavy atom. The SMILES string of the molecule is COOC=N[C@@H](C(=O)N1CCC[C@H]1c1ncc(-c2ccc(CCc3ccc4nc([C@@H]5CCCN5C(=O)[C@@H](NC(=O)OC)c5ccccc5)[nH]c4c3)cc2)[nH]1)c1ccccc1. The maximum Gasteiger partial charge on any atom is 0.407 e. The average molecular weight is 809 g/mol. The van der Waals surface area contributed by atoms with E-state index < -0.39 is 18.2 Å². The van der Waals surface area contributed by atoms with Crippen LogP contribution in [0.5, 0.6) is 0 Å². The second kappa shape index (κ2) is 18.4. The number of aryl methyl sites for hydroxylation is 2. The number of H-pyrrole nitrogens is 2. The molecule has 4 aromatic carbocycles. The topological polar surface area (TPSA) is 167 Å². The molecule has 0 unspecified atom stereocenters. The van der Waals surface area contributed by atoms with E-state index >= 15 is 0 Å². The van der Waals surface area contributed by atoms with Gasteiger partial charge in [0.1, 0.15) is 17.7 Å². The Labute approximate surface area is 347 Å². The third-order valence-corrected chi connectivity index (χ3v) is 11.4. The molecule has 3 amide bonds. The van der Waals surface area contributed by atoms with Gasteiger partial charge in [0.05, 0.1) is 49.2 Å². The van der Waals surface area contributed by atoms with E-state index in [1.54, 1.807) is 0 Å². The minimum atomic E-state index is -0.871. The third-order valence-electron chi connectivity index (χ3n) is 11.4. The fourth-order valence-corrected chi connectivity index (χ4v) is 8.30. The zero-order chi connectivity index (χ0) is 41.4. The van der Waals surface area contributed by atoms with Crippen molar-refractivity contribution in [3.8, 4) is 11.3 Å². The molecule has 4 atom stereocenters. The standard InChI is InChI=1S/C46H48N8O6/c1-58-46(57)52-41(34-13-7-4-8-14-34)45(56)54-26-10-16-39(54)43-49-35-24-21-31(27-36(35)50-43)18-17-30-19-22-32(23-20-30)37-28-47-42(51-37)38-15-9-25-53(38)44(55)40(48-29-60-59-2)33-11-5-3-6-12-33/h3-8,11-14,19-24,27-29,38-41H,9-10,15-18,25-26H2,1-2H3,(H,47,51)(H,49,50)(H,52,57)/t38-,39-,40+,41-/m0/s1. The molecule has 4 heterocycles. The van der Waals surface area contributed by atoms with Crippen LogP contribution in [0.3, 0.4) is 0 Å². The maximum absolute atomic E-state index is 13.9. The van der Waals surface area contributed by atoms with Gasteiger partial charge >= 0.3 is 6.09 Å². The molecule has 0 radical (unpaired) electrons. The van der Waals surface area contributed by atoms with Gasteiger partial charge in [-0.15, -0.1) is 0 Å². The van der Waals surface area contributed by atoms with E-state index in [0.29, 0.717) is 18.7 Å². The maximum atomic E-state index is 13.9. The van der Waals surface area contributed by atoms with Crippen LogP contribution in [-0.2, 0) is 36.9 Å². The minimum absolute atomic E-state index is 0.120. The summed E-state index contributed by atoms with van der Waals surface area (Å²) in [6, 6.07) is 31.3. The zero-order valence-corrected chi connectivity index (χ0v) is 33.6. The van der Waals surface area contributed by atoms with Gasteiger partial charge in [-0.25, -0.2) is 19.8 Å². The number of methoxy groups -OCH3 is 1. The Balaban J connectivity index is 0.904. The molecule has 8 rings (SSSR count). The van der Waals surface area contributed by atoms with Crippen molar-refractivity contribution in [1.82, 2.24) is 35.1 Å². The number of nitrogens with one attached hydrogen (secondary N) is 3. The summed E-state index contributed by atoms with van der Waals surface area (Å²) >= 11 is 0. The molecule has 0 aliphatic carbocycles. The van der Waals surface area contributed by atoms with Crippen LogP contribution < -0.4 is 5.32 Å². The number of ether oxygens (including phenoxy) is 1. The number of aromatic nitrogens is 4. The summed E-state index contributed by atoms with van der Waals surface area (Å²) in [5.74, 6) is 1.17. The second-order valence-corrected chi connectivity index (χ2v) is 15.0. The van der Waals surface area contributed by atoms with Crippen LogP contribution in [0, 0.1) is 0 Å². The van der Waals surface area contributed by atoms with Gasteiger partial charge in [-0.3, -0.25) is 9.59 Å². The molecular formula is C46H48N8O6. The number of fused-ring (bicyclic) bond motifs is 1. The smallest absolute Gasteiger partial charge is 0.407 e. The quantitative estimate of drug-likeness (QED) is 0.0440. The molecular weight excluding hydrogens is 761 g/mol. The molecule has 14 heteroatoms. The van der Waals surface area contributed by atoms with Crippen LogP contribution in [0.15, 0.2) is 114 Å². The van der Waals surface area contributed by atoms with Gasteiger partial charge in [0.15, 0.2) is 6.04 Å². The lowest BCUT2D eigenvalue weighted by Gasteiger charge is -2.28. The highest BCUT2D eigenvalue weighted by molar-refractivity contribution is 5.88. The summed E-state index contributed by atoms with van der Waals surface area (Å²) < 4.78 is 4.84. The van der Waals surface area contributed by atoms with E-state index in [2.05, 4.69) is 61.6 Å². The first-order valence-electron chi connectivity index (χ1n) is 20.3. The molecule has 0 bridgehead atoms. The number of alkyl carbamates (subject to hydrolysis) is 1. The van der Waals surface area contributed by atoms with Crippen molar-refractivity contribution in [3.63, 3.8) is 0 Å². The van der Waals surface area contributed by atoms with Crippen LogP contribution in [-0.4, -0.2) is 81.4 Å². The van der Waals surface area contributed by atoms with E-state index in [-0.39, 0.29) is 23.9 Å². The molecule has 2 aliphatic heterocycles. The fraction of sp³-hybridized carbons (Fsp3) is 0.304. The largest absolute Gasteiger partial charge is 0.453 e. The first-order valence-corrected chi connectivity index (χ1v) is 20.3. The van der Waals surface area contributed by atoms with Crippen LogP contribution in [0.2, 0.25) is 0 Å². The molecule has 6 aromatic rings. The Bertz CT molecular complexity index is 2430. The van der Waals surface area contributed by atoms with Gasteiger partial charge in [-0.2, -0.15) is 4.89 Å². The Hall–Kier alpha value is -6.80.